The summed E-state index contributed by atoms with van der Waals surface area (Å²) in [6.07, 6.45) is 3.90. The van der Waals surface area contributed by atoms with E-state index in [-0.39, 0.29) is 0 Å². The zero-order valence-corrected chi connectivity index (χ0v) is 11.7. The molecule has 6 heteroatoms. The zero-order chi connectivity index (χ0) is 13.7. The van der Waals surface area contributed by atoms with Gasteiger partial charge in [-0.3, -0.25) is 0 Å². The maximum absolute atomic E-state index is 5.87. The Hall–Kier alpha value is -1.88. The normalized spacial score (nSPS) is 11.1. The molecule has 0 fully saturated rings. The van der Waals surface area contributed by atoms with Gasteiger partial charge in [-0.15, -0.1) is 5.10 Å². The van der Waals surface area contributed by atoms with Gasteiger partial charge in [0.05, 0.1) is 5.69 Å². The molecule has 5 nitrogen and oxygen atoms in total. The highest BCUT2D eigenvalue weighted by Gasteiger charge is 2.05. The smallest absolute Gasteiger partial charge is 0.181 e. The average Bonchev–Trinajstić information content (AvgIpc) is 2.89. The van der Waals surface area contributed by atoms with Crippen LogP contribution in [0.1, 0.15) is 19.7 Å². The predicted octanol–water partition coefficient (Wildman–Crippen LogP) is 2.63. The van der Waals surface area contributed by atoms with Crippen LogP contribution in [0.2, 0.25) is 5.02 Å². The maximum atomic E-state index is 5.87. The van der Waals surface area contributed by atoms with E-state index >= 15 is 0 Å². The van der Waals surface area contributed by atoms with Gasteiger partial charge in [0, 0.05) is 30.4 Å². The summed E-state index contributed by atoms with van der Waals surface area (Å²) in [5.41, 5.74) is 0.883. The van der Waals surface area contributed by atoms with Gasteiger partial charge in [-0.25, -0.2) is 0 Å². The highest BCUT2D eigenvalue weighted by molar-refractivity contribution is 6.30. The lowest BCUT2D eigenvalue weighted by Crippen LogP contribution is -2.15. The molecule has 1 aromatic heterocycles. The zero-order valence-electron chi connectivity index (χ0n) is 11.0. The Kier molecular flexibility index (Phi) is 4.52. The molecular formula is C13H16ClN5. The predicted molar refractivity (Wildman–Crippen MR) is 76.1 cm³/mol. The van der Waals surface area contributed by atoms with Gasteiger partial charge >= 0.3 is 0 Å². The second kappa shape index (κ2) is 6.33. The van der Waals surface area contributed by atoms with Crippen LogP contribution in [0.25, 0.3) is 11.8 Å². The monoisotopic (exact) mass is 277 g/mol. The summed E-state index contributed by atoms with van der Waals surface area (Å²) in [6, 6.07) is 7.40. The largest absolute Gasteiger partial charge is 0.378 e. The molecule has 0 radical (unpaired) electrons. The Bertz CT molecular complexity index is 542. The molecule has 19 heavy (non-hydrogen) atoms. The van der Waals surface area contributed by atoms with E-state index in [2.05, 4.69) is 34.3 Å². The van der Waals surface area contributed by atoms with Crippen molar-refractivity contribution in [1.29, 1.82) is 0 Å². The second-order valence-corrected chi connectivity index (χ2v) is 4.40. The highest BCUT2D eigenvalue weighted by atomic mass is 35.5. The number of nitrogens with zero attached hydrogens (tertiary/aromatic N) is 5. The Morgan fingerprint density at radius 1 is 1.21 bits per heavy atom. The molecule has 0 N–H and O–H groups in total. The first-order chi connectivity index (χ1) is 9.24. The van der Waals surface area contributed by atoms with Crippen molar-refractivity contribution >= 4 is 17.7 Å². The van der Waals surface area contributed by atoms with Crippen molar-refractivity contribution < 1.29 is 0 Å². The van der Waals surface area contributed by atoms with Gasteiger partial charge < -0.3 is 4.90 Å². The summed E-state index contributed by atoms with van der Waals surface area (Å²) < 4.78 is 1.68. The molecule has 0 bridgehead atoms. The van der Waals surface area contributed by atoms with Gasteiger partial charge in [0.1, 0.15) is 0 Å². The van der Waals surface area contributed by atoms with Crippen molar-refractivity contribution in [1.82, 2.24) is 25.1 Å². The summed E-state index contributed by atoms with van der Waals surface area (Å²) in [6.45, 7) is 6.12. The van der Waals surface area contributed by atoms with Crippen molar-refractivity contribution in [2.45, 2.75) is 13.8 Å². The van der Waals surface area contributed by atoms with Gasteiger partial charge in [0.25, 0.3) is 0 Å². The number of hydrogen-bond acceptors (Lipinski definition) is 4. The third kappa shape index (κ3) is 3.32. The molecule has 0 spiro atoms. The standard InChI is InChI=1S/C13H16ClN5/c1-3-18(4-2)10-9-13-15-16-17-19(13)12-7-5-11(14)6-8-12/h5-10H,3-4H2,1-2H3/b10-9+. The summed E-state index contributed by atoms with van der Waals surface area (Å²) in [7, 11) is 0. The van der Waals surface area contributed by atoms with Crippen LogP contribution in [0.15, 0.2) is 30.5 Å². The van der Waals surface area contributed by atoms with Crippen LogP contribution in [0, 0.1) is 0 Å². The molecular weight excluding hydrogens is 262 g/mol. The molecule has 0 atom stereocenters. The fourth-order valence-corrected chi connectivity index (χ4v) is 1.80. The van der Waals surface area contributed by atoms with Crippen LogP contribution in [-0.4, -0.2) is 38.2 Å². The van der Waals surface area contributed by atoms with Crippen LogP contribution in [0.3, 0.4) is 0 Å². The van der Waals surface area contributed by atoms with Crippen molar-refractivity contribution in [3.63, 3.8) is 0 Å². The molecule has 2 aromatic rings. The van der Waals surface area contributed by atoms with E-state index in [4.69, 9.17) is 11.6 Å². The van der Waals surface area contributed by atoms with E-state index in [1.54, 1.807) is 4.68 Å². The first kappa shape index (κ1) is 13.5. The molecule has 1 aromatic carbocycles. The first-order valence-electron chi connectivity index (χ1n) is 6.21. The molecule has 2 rings (SSSR count). The van der Waals surface area contributed by atoms with Crippen LogP contribution < -0.4 is 0 Å². The minimum absolute atomic E-state index is 0.689. The number of halogens is 1. The Morgan fingerprint density at radius 2 is 1.89 bits per heavy atom. The van der Waals surface area contributed by atoms with Crippen LogP contribution in [0.4, 0.5) is 0 Å². The lowest BCUT2D eigenvalue weighted by molar-refractivity contribution is 0.421. The summed E-state index contributed by atoms with van der Waals surface area (Å²) in [5.74, 6) is 0.689. The molecule has 0 aliphatic carbocycles. The van der Waals surface area contributed by atoms with E-state index in [1.807, 2.05) is 36.5 Å². The Labute approximate surface area is 117 Å². The van der Waals surface area contributed by atoms with Gasteiger partial charge in [-0.1, -0.05) is 11.6 Å². The Morgan fingerprint density at radius 3 is 2.53 bits per heavy atom. The van der Waals surface area contributed by atoms with E-state index in [1.165, 1.54) is 0 Å². The molecule has 0 unspecified atom stereocenters. The molecule has 100 valence electrons. The van der Waals surface area contributed by atoms with Gasteiger partial charge in [0.2, 0.25) is 0 Å². The highest BCUT2D eigenvalue weighted by Crippen LogP contribution is 2.13. The quantitative estimate of drug-likeness (QED) is 0.843. The molecule has 0 aliphatic rings. The van der Waals surface area contributed by atoms with E-state index < -0.39 is 0 Å². The van der Waals surface area contributed by atoms with Gasteiger partial charge in [0.15, 0.2) is 5.82 Å². The van der Waals surface area contributed by atoms with Crippen molar-refractivity contribution in [2.75, 3.05) is 13.1 Å². The van der Waals surface area contributed by atoms with Gasteiger partial charge in [-0.05, 0) is 48.5 Å². The molecule has 0 amide bonds. The minimum atomic E-state index is 0.689. The summed E-state index contributed by atoms with van der Waals surface area (Å²) >= 11 is 5.87. The number of benzene rings is 1. The van der Waals surface area contributed by atoms with Crippen LogP contribution >= 0.6 is 11.6 Å². The fraction of sp³-hybridized carbons (Fsp3) is 0.308. The SMILES string of the molecule is CCN(/C=C/c1nnnn1-c1ccc(Cl)cc1)CC. The lowest BCUT2D eigenvalue weighted by atomic mass is 10.3. The second-order valence-electron chi connectivity index (χ2n) is 3.96. The summed E-state index contributed by atoms with van der Waals surface area (Å²) in [4.78, 5) is 2.17. The molecule has 0 saturated heterocycles. The molecule has 0 saturated carbocycles. The molecule has 0 aliphatic heterocycles. The average molecular weight is 278 g/mol. The van der Waals surface area contributed by atoms with Crippen LogP contribution in [-0.2, 0) is 0 Å². The number of hydrogen-bond donors (Lipinski definition) is 0. The van der Waals surface area contributed by atoms with E-state index in [0.717, 1.165) is 18.8 Å². The third-order valence-corrected chi connectivity index (χ3v) is 3.06. The number of aromatic nitrogens is 4. The number of tetrazole rings is 1. The van der Waals surface area contributed by atoms with E-state index in [9.17, 15) is 0 Å². The summed E-state index contributed by atoms with van der Waals surface area (Å²) in [5, 5.41) is 12.4. The maximum Gasteiger partial charge on any atom is 0.181 e. The number of rotatable bonds is 5. The lowest BCUT2D eigenvalue weighted by Gasteiger charge is -2.14. The first-order valence-corrected chi connectivity index (χ1v) is 6.59. The topological polar surface area (TPSA) is 46.8 Å². The Balaban J connectivity index is 2.25. The van der Waals surface area contributed by atoms with Crippen molar-refractivity contribution in [2.24, 2.45) is 0 Å². The third-order valence-electron chi connectivity index (χ3n) is 2.81. The van der Waals surface area contributed by atoms with E-state index in [0.29, 0.717) is 10.8 Å². The minimum Gasteiger partial charge on any atom is -0.378 e. The van der Waals surface area contributed by atoms with Crippen LogP contribution in [0.5, 0.6) is 0 Å². The van der Waals surface area contributed by atoms with Gasteiger partial charge in [-0.2, -0.15) is 4.68 Å². The molecule has 1 heterocycles. The fourth-order valence-electron chi connectivity index (χ4n) is 1.67. The van der Waals surface area contributed by atoms with Crippen molar-refractivity contribution in [3.8, 4) is 5.69 Å². The van der Waals surface area contributed by atoms with Crippen molar-refractivity contribution in [3.05, 3.63) is 41.3 Å².